The third-order valence-corrected chi connectivity index (χ3v) is 2.95. The van der Waals surface area contributed by atoms with E-state index in [1.54, 1.807) is 6.92 Å². The smallest absolute Gasteiger partial charge is 0.332 e. The van der Waals surface area contributed by atoms with E-state index in [9.17, 15) is 4.79 Å². The highest BCUT2D eigenvalue weighted by Crippen LogP contribution is 2.38. The van der Waals surface area contributed by atoms with E-state index in [0.29, 0.717) is 13.2 Å². The van der Waals surface area contributed by atoms with Gasteiger partial charge in [-0.2, -0.15) is 0 Å². The van der Waals surface area contributed by atoms with Gasteiger partial charge in [-0.3, -0.25) is 0 Å². The zero-order valence-corrected chi connectivity index (χ0v) is 10.5. The second kappa shape index (κ2) is 6.21. The monoisotopic (exact) mass is 229 g/mol. The third kappa shape index (κ3) is 4.94. The van der Waals surface area contributed by atoms with E-state index in [-0.39, 0.29) is 18.1 Å². The first-order chi connectivity index (χ1) is 7.56. The summed E-state index contributed by atoms with van der Waals surface area (Å²) in [5.74, 6) is 0.515. The molecule has 0 aromatic heterocycles. The van der Waals surface area contributed by atoms with Gasteiger partial charge in [-0.1, -0.05) is 0 Å². The van der Waals surface area contributed by atoms with E-state index in [1.807, 2.05) is 0 Å². The van der Waals surface area contributed by atoms with Gasteiger partial charge >= 0.3 is 5.97 Å². The Labute approximate surface area is 97.7 Å². The molecule has 0 aromatic rings. The topological polar surface area (TPSA) is 47.6 Å². The lowest BCUT2D eigenvalue weighted by atomic mass is 9.99. The van der Waals surface area contributed by atoms with Gasteiger partial charge in [-0.15, -0.1) is 0 Å². The number of ether oxygens (including phenoxy) is 2. The molecule has 0 amide bonds. The molecule has 0 atom stereocenters. The van der Waals surface area contributed by atoms with Gasteiger partial charge in [0.2, 0.25) is 0 Å². The molecule has 1 aliphatic carbocycles. The van der Waals surface area contributed by atoms with Crippen LogP contribution in [0.15, 0.2) is 0 Å². The van der Waals surface area contributed by atoms with Crippen molar-refractivity contribution in [2.75, 3.05) is 26.4 Å². The minimum absolute atomic E-state index is 0.0549. The van der Waals surface area contributed by atoms with E-state index < -0.39 is 0 Å². The largest absolute Gasteiger partial charge is 0.464 e. The molecule has 1 fully saturated rings. The summed E-state index contributed by atoms with van der Waals surface area (Å²) >= 11 is 0. The highest BCUT2D eigenvalue weighted by Gasteiger charge is 2.36. The van der Waals surface area contributed by atoms with Crippen LogP contribution in [0.1, 0.15) is 33.6 Å². The van der Waals surface area contributed by atoms with Crippen LogP contribution < -0.4 is 5.32 Å². The van der Waals surface area contributed by atoms with E-state index in [0.717, 1.165) is 12.5 Å². The number of carbonyl (C=O) groups is 1. The van der Waals surface area contributed by atoms with Crippen LogP contribution in [-0.2, 0) is 14.3 Å². The summed E-state index contributed by atoms with van der Waals surface area (Å²) in [5.41, 5.74) is 0.202. The summed E-state index contributed by atoms with van der Waals surface area (Å²) < 4.78 is 9.96. The second-order valence-corrected chi connectivity index (χ2v) is 4.78. The second-order valence-electron chi connectivity index (χ2n) is 4.78. The average molecular weight is 229 g/mol. The van der Waals surface area contributed by atoms with Crippen molar-refractivity contribution >= 4 is 5.97 Å². The Morgan fingerprint density at radius 2 is 2.12 bits per heavy atom. The van der Waals surface area contributed by atoms with Crippen molar-refractivity contribution < 1.29 is 14.3 Å². The summed E-state index contributed by atoms with van der Waals surface area (Å²) in [5, 5.41) is 3.45. The lowest BCUT2D eigenvalue weighted by molar-refractivity contribution is -0.148. The molecule has 0 spiro atoms. The van der Waals surface area contributed by atoms with Crippen LogP contribution in [0, 0.1) is 5.92 Å². The predicted octanol–water partition coefficient (Wildman–Crippen LogP) is 1.34. The molecule has 16 heavy (non-hydrogen) atoms. The number of esters is 1. The normalized spacial score (nSPS) is 16.2. The van der Waals surface area contributed by atoms with E-state index in [2.05, 4.69) is 19.2 Å². The third-order valence-electron chi connectivity index (χ3n) is 2.95. The van der Waals surface area contributed by atoms with Gasteiger partial charge in [-0.25, -0.2) is 4.79 Å². The van der Waals surface area contributed by atoms with Crippen LogP contribution >= 0.6 is 0 Å². The first-order valence-corrected chi connectivity index (χ1v) is 6.04. The van der Waals surface area contributed by atoms with Crippen molar-refractivity contribution in [3.63, 3.8) is 0 Å². The Balaban J connectivity index is 1.97. The molecule has 94 valence electrons. The average Bonchev–Trinajstić information content (AvgIpc) is 3.00. The Morgan fingerprint density at radius 3 is 2.69 bits per heavy atom. The Kier molecular flexibility index (Phi) is 5.22. The molecule has 1 aliphatic rings. The van der Waals surface area contributed by atoms with E-state index >= 15 is 0 Å². The van der Waals surface area contributed by atoms with E-state index in [1.165, 1.54) is 12.8 Å². The maximum Gasteiger partial charge on any atom is 0.332 e. The van der Waals surface area contributed by atoms with Crippen molar-refractivity contribution in [1.29, 1.82) is 0 Å². The minimum Gasteiger partial charge on any atom is -0.464 e. The van der Waals surface area contributed by atoms with Crippen molar-refractivity contribution in [1.82, 2.24) is 5.32 Å². The molecule has 1 rings (SSSR count). The van der Waals surface area contributed by atoms with Crippen molar-refractivity contribution in [2.45, 2.75) is 39.2 Å². The van der Waals surface area contributed by atoms with Crippen molar-refractivity contribution in [3.05, 3.63) is 0 Å². The highest BCUT2D eigenvalue weighted by atomic mass is 16.6. The molecule has 0 saturated heterocycles. The van der Waals surface area contributed by atoms with Crippen LogP contribution in [0.3, 0.4) is 0 Å². The van der Waals surface area contributed by atoms with Gasteiger partial charge in [0.25, 0.3) is 0 Å². The standard InChI is InChI=1S/C12H23NO3/c1-4-16-11(14)9-15-8-7-13-12(2,3)10-5-6-10/h10,13H,4-9H2,1-3H3. The number of hydrogen-bond donors (Lipinski definition) is 1. The van der Waals surface area contributed by atoms with Crippen LogP contribution in [-0.4, -0.2) is 37.9 Å². The van der Waals surface area contributed by atoms with Gasteiger partial charge in [0.05, 0.1) is 13.2 Å². The SMILES string of the molecule is CCOC(=O)COCCNC(C)(C)C1CC1. The predicted molar refractivity (Wildman–Crippen MR) is 62.3 cm³/mol. The van der Waals surface area contributed by atoms with Crippen LogP contribution in [0.5, 0.6) is 0 Å². The fraction of sp³-hybridized carbons (Fsp3) is 0.917. The highest BCUT2D eigenvalue weighted by molar-refractivity contribution is 5.70. The molecule has 0 aliphatic heterocycles. The summed E-state index contributed by atoms with van der Waals surface area (Å²) in [4.78, 5) is 11.0. The van der Waals surface area contributed by atoms with Crippen LogP contribution in [0.4, 0.5) is 0 Å². The summed E-state index contributed by atoms with van der Waals surface area (Å²) in [6, 6.07) is 0. The lowest BCUT2D eigenvalue weighted by Gasteiger charge is -2.26. The fourth-order valence-electron chi connectivity index (χ4n) is 1.75. The number of rotatable bonds is 8. The molecule has 0 aromatic carbocycles. The molecule has 4 heteroatoms. The molecule has 1 N–H and O–H groups in total. The molecule has 0 unspecified atom stereocenters. The molecule has 4 nitrogen and oxygen atoms in total. The Bertz CT molecular complexity index is 224. The summed E-state index contributed by atoms with van der Waals surface area (Å²) in [6.45, 7) is 8.02. The van der Waals surface area contributed by atoms with Crippen molar-refractivity contribution in [3.8, 4) is 0 Å². The number of nitrogens with one attached hydrogen (secondary N) is 1. The van der Waals surface area contributed by atoms with Gasteiger partial charge in [-0.05, 0) is 39.5 Å². The molecule has 0 heterocycles. The lowest BCUT2D eigenvalue weighted by Crippen LogP contribution is -2.43. The van der Waals surface area contributed by atoms with Gasteiger partial charge in [0.1, 0.15) is 6.61 Å². The minimum atomic E-state index is -0.288. The summed E-state index contributed by atoms with van der Waals surface area (Å²) in [6.07, 6.45) is 2.65. The number of carbonyl (C=O) groups excluding carboxylic acids is 1. The van der Waals surface area contributed by atoms with Gasteiger partial charge in [0.15, 0.2) is 0 Å². The molecular weight excluding hydrogens is 206 g/mol. The van der Waals surface area contributed by atoms with Gasteiger partial charge < -0.3 is 14.8 Å². The maximum absolute atomic E-state index is 11.0. The quantitative estimate of drug-likeness (QED) is 0.504. The zero-order chi connectivity index (χ0) is 12.0. The molecular formula is C12H23NO3. The molecule has 1 saturated carbocycles. The number of hydrogen-bond acceptors (Lipinski definition) is 4. The van der Waals surface area contributed by atoms with Crippen LogP contribution in [0.25, 0.3) is 0 Å². The van der Waals surface area contributed by atoms with Gasteiger partial charge in [0, 0.05) is 12.1 Å². The molecule has 0 bridgehead atoms. The van der Waals surface area contributed by atoms with E-state index in [4.69, 9.17) is 9.47 Å². The van der Waals surface area contributed by atoms with Crippen LogP contribution in [0.2, 0.25) is 0 Å². The maximum atomic E-state index is 11.0. The summed E-state index contributed by atoms with van der Waals surface area (Å²) in [7, 11) is 0. The zero-order valence-electron chi connectivity index (χ0n) is 10.5. The first kappa shape index (κ1) is 13.5. The molecule has 0 radical (unpaired) electrons. The van der Waals surface area contributed by atoms with Crippen molar-refractivity contribution in [2.24, 2.45) is 5.92 Å². The fourth-order valence-corrected chi connectivity index (χ4v) is 1.75. The Hall–Kier alpha value is -0.610. The Morgan fingerprint density at radius 1 is 1.44 bits per heavy atom. The first-order valence-electron chi connectivity index (χ1n) is 6.04.